The third-order valence-corrected chi connectivity index (χ3v) is 3.17. The molecule has 0 unspecified atom stereocenters. The molecule has 0 aliphatic rings. The van der Waals surface area contributed by atoms with Crippen LogP contribution in [0.3, 0.4) is 0 Å². The third-order valence-electron chi connectivity index (χ3n) is 3.17. The van der Waals surface area contributed by atoms with Crippen molar-refractivity contribution in [2.45, 2.75) is 33.6 Å². The fourth-order valence-corrected chi connectivity index (χ4v) is 1.78. The fraction of sp³-hybridized carbons (Fsp3) is 0.562. The molecular formula is C16H26N2O2. The van der Waals surface area contributed by atoms with Crippen LogP contribution in [0.2, 0.25) is 0 Å². The van der Waals surface area contributed by atoms with Crippen LogP contribution in [-0.4, -0.2) is 32.1 Å². The van der Waals surface area contributed by atoms with E-state index in [0.717, 1.165) is 25.3 Å². The van der Waals surface area contributed by atoms with Crippen LogP contribution >= 0.6 is 0 Å². The second-order valence-electron chi connectivity index (χ2n) is 4.90. The Hall–Kier alpha value is -1.55. The Balaban J connectivity index is 2.12. The van der Waals surface area contributed by atoms with E-state index in [1.54, 1.807) is 0 Å². The van der Waals surface area contributed by atoms with Crippen LogP contribution in [0.15, 0.2) is 18.2 Å². The summed E-state index contributed by atoms with van der Waals surface area (Å²) in [5, 5.41) is 6.04. The Morgan fingerprint density at radius 1 is 1.20 bits per heavy atom. The number of amides is 1. The van der Waals surface area contributed by atoms with Crippen molar-refractivity contribution in [3.05, 3.63) is 29.3 Å². The summed E-state index contributed by atoms with van der Waals surface area (Å²) in [6.45, 7) is 9.21. The third kappa shape index (κ3) is 6.57. The standard InChI is InChI=1S/C16H26N2O2/c1-4-17-9-10-18-16(19)6-5-11-20-15-8-7-13(2)14(3)12-15/h7-8,12,17H,4-6,9-11H2,1-3H3,(H,18,19). The number of carbonyl (C=O) groups excluding carboxylic acids is 1. The van der Waals surface area contributed by atoms with Crippen LogP contribution < -0.4 is 15.4 Å². The number of rotatable bonds is 9. The second-order valence-corrected chi connectivity index (χ2v) is 4.90. The Morgan fingerprint density at radius 3 is 2.70 bits per heavy atom. The van der Waals surface area contributed by atoms with Gasteiger partial charge >= 0.3 is 0 Å². The van der Waals surface area contributed by atoms with Crippen molar-refractivity contribution in [1.82, 2.24) is 10.6 Å². The van der Waals surface area contributed by atoms with Gasteiger partial charge in [-0.25, -0.2) is 0 Å². The first kappa shape index (κ1) is 16.5. The minimum atomic E-state index is 0.0894. The highest BCUT2D eigenvalue weighted by Gasteiger charge is 2.01. The lowest BCUT2D eigenvalue weighted by Gasteiger charge is -2.09. The number of ether oxygens (including phenoxy) is 1. The number of benzene rings is 1. The molecule has 1 aromatic rings. The maximum atomic E-state index is 11.5. The number of hydrogen-bond acceptors (Lipinski definition) is 3. The number of nitrogens with one attached hydrogen (secondary N) is 2. The van der Waals surface area contributed by atoms with E-state index < -0.39 is 0 Å². The van der Waals surface area contributed by atoms with Gasteiger partial charge in [0.15, 0.2) is 0 Å². The SMILES string of the molecule is CCNCCNC(=O)CCCOc1ccc(C)c(C)c1. The highest BCUT2D eigenvalue weighted by atomic mass is 16.5. The maximum absolute atomic E-state index is 11.5. The van der Waals surface area contributed by atoms with Gasteiger partial charge in [-0.05, 0) is 50.1 Å². The summed E-state index contributed by atoms with van der Waals surface area (Å²) in [5.74, 6) is 0.965. The van der Waals surface area contributed by atoms with Crippen molar-refractivity contribution in [2.24, 2.45) is 0 Å². The lowest BCUT2D eigenvalue weighted by Crippen LogP contribution is -2.31. The van der Waals surface area contributed by atoms with Gasteiger partial charge in [0.05, 0.1) is 6.61 Å². The summed E-state index contributed by atoms with van der Waals surface area (Å²) in [6.07, 6.45) is 1.25. The predicted octanol–water partition coefficient (Wildman–Crippen LogP) is 2.19. The van der Waals surface area contributed by atoms with Gasteiger partial charge in [-0.2, -0.15) is 0 Å². The predicted molar refractivity (Wildman–Crippen MR) is 82.2 cm³/mol. The number of carbonyl (C=O) groups is 1. The summed E-state index contributed by atoms with van der Waals surface area (Å²) in [6, 6.07) is 6.06. The van der Waals surface area contributed by atoms with Crippen molar-refractivity contribution in [3.63, 3.8) is 0 Å². The van der Waals surface area contributed by atoms with Crippen molar-refractivity contribution in [3.8, 4) is 5.75 Å². The molecule has 0 spiro atoms. The van der Waals surface area contributed by atoms with E-state index in [4.69, 9.17) is 4.74 Å². The highest BCUT2D eigenvalue weighted by molar-refractivity contribution is 5.75. The van der Waals surface area contributed by atoms with Gasteiger partial charge in [-0.1, -0.05) is 13.0 Å². The number of likely N-dealkylation sites (N-methyl/N-ethyl adjacent to an activating group) is 1. The van der Waals surface area contributed by atoms with Crippen LogP contribution in [0.1, 0.15) is 30.9 Å². The molecular weight excluding hydrogens is 252 g/mol. The molecule has 2 N–H and O–H groups in total. The molecule has 0 radical (unpaired) electrons. The normalized spacial score (nSPS) is 10.3. The molecule has 112 valence electrons. The maximum Gasteiger partial charge on any atom is 0.220 e. The monoisotopic (exact) mass is 278 g/mol. The lowest BCUT2D eigenvalue weighted by atomic mass is 10.1. The zero-order chi connectivity index (χ0) is 14.8. The molecule has 0 aliphatic carbocycles. The smallest absolute Gasteiger partial charge is 0.220 e. The van der Waals surface area contributed by atoms with Gasteiger partial charge in [0.1, 0.15) is 5.75 Å². The van der Waals surface area contributed by atoms with Gasteiger partial charge in [0, 0.05) is 19.5 Å². The average molecular weight is 278 g/mol. The summed E-state index contributed by atoms with van der Waals surface area (Å²) in [5.41, 5.74) is 2.49. The van der Waals surface area contributed by atoms with E-state index >= 15 is 0 Å². The summed E-state index contributed by atoms with van der Waals surface area (Å²) in [7, 11) is 0. The average Bonchev–Trinajstić information content (AvgIpc) is 2.43. The molecule has 0 aliphatic heterocycles. The number of aryl methyl sites for hydroxylation is 2. The van der Waals surface area contributed by atoms with Crippen molar-refractivity contribution in [1.29, 1.82) is 0 Å². The molecule has 0 fully saturated rings. The Labute approximate surface area is 121 Å². The van der Waals surface area contributed by atoms with Gasteiger partial charge in [-0.3, -0.25) is 4.79 Å². The largest absolute Gasteiger partial charge is 0.494 e. The first-order valence-corrected chi connectivity index (χ1v) is 7.31. The van der Waals surface area contributed by atoms with Crippen LogP contribution in [-0.2, 0) is 4.79 Å². The molecule has 1 amide bonds. The highest BCUT2D eigenvalue weighted by Crippen LogP contribution is 2.16. The van der Waals surface area contributed by atoms with Crippen molar-refractivity contribution < 1.29 is 9.53 Å². The van der Waals surface area contributed by atoms with E-state index in [2.05, 4.69) is 30.5 Å². The van der Waals surface area contributed by atoms with Crippen LogP contribution in [0.5, 0.6) is 5.75 Å². The molecule has 4 nitrogen and oxygen atoms in total. The Bertz CT molecular complexity index is 419. The first-order chi connectivity index (χ1) is 9.63. The molecule has 1 aromatic carbocycles. The minimum absolute atomic E-state index is 0.0894. The van der Waals surface area contributed by atoms with Crippen LogP contribution in [0, 0.1) is 13.8 Å². The molecule has 0 aromatic heterocycles. The molecule has 0 heterocycles. The second kappa shape index (κ2) is 9.37. The fourth-order valence-electron chi connectivity index (χ4n) is 1.78. The van der Waals surface area contributed by atoms with Gasteiger partial charge in [0.25, 0.3) is 0 Å². The molecule has 20 heavy (non-hydrogen) atoms. The van der Waals surface area contributed by atoms with E-state index in [0.29, 0.717) is 19.6 Å². The molecule has 1 rings (SSSR count). The molecule has 0 saturated carbocycles. The van der Waals surface area contributed by atoms with E-state index in [9.17, 15) is 4.79 Å². The zero-order valence-electron chi connectivity index (χ0n) is 12.8. The lowest BCUT2D eigenvalue weighted by molar-refractivity contribution is -0.121. The summed E-state index contributed by atoms with van der Waals surface area (Å²) >= 11 is 0. The minimum Gasteiger partial charge on any atom is -0.494 e. The summed E-state index contributed by atoms with van der Waals surface area (Å²) in [4.78, 5) is 11.5. The Kier molecular flexibility index (Phi) is 7.73. The van der Waals surface area contributed by atoms with Crippen molar-refractivity contribution >= 4 is 5.91 Å². The first-order valence-electron chi connectivity index (χ1n) is 7.31. The van der Waals surface area contributed by atoms with Crippen LogP contribution in [0.25, 0.3) is 0 Å². The molecule has 0 bridgehead atoms. The molecule has 0 atom stereocenters. The van der Waals surface area contributed by atoms with Gasteiger partial charge in [0.2, 0.25) is 5.91 Å². The quantitative estimate of drug-likeness (QED) is 0.681. The summed E-state index contributed by atoms with van der Waals surface area (Å²) < 4.78 is 5.64. The Morgan fingerprint density at radius 2 is 2.00 bits per heavy atom. The zero-order valence-corrected chi connectivity index (χ0v) is 12.8. The van der Waals surface area contributed by atoms with Crippen molar-refractivity contribution in [2.75, 3.05) is 26.2 Å². The van der Waals surface area contributed by atoms with Crippen LogP contribution in [0.4, 0.5) is 0 Å². The van der Waals surface area contributed by atoms with E-state index in [1.807, 2.05) is 19.1 Å². The topological polar surface area (TPSA) is 50.4 Å². The molecule has 0 saturated heterocycles. The van der Waals surface area contributed by atoms with E-state index in [1.165, 1.54) is 11.1 Å². The van der Waals surface area contributed by atoms with Gasteiger partial charge in [-0.15, -0.1) is 0 Å². The van der Waals surface area contributed by atoms with Gasteiger partial charge < -0.3 is 15.4 Å². The molecule has 4 heteroatoms. The van der Waals surface area contributed by atoms with E-state index in [-0.39, 0.29) is 5.91 Å². The number of hydrogen-bond donors (Lipinski definition) is 2.